The zero-order valence-corrected chi connectivity index (χ0v) is 12.7. The number of ether oxygens (including phenoxy) is 2. The number of carboxylic acids is 1. The number of nitrogens with two attached hydrogens (primary N) is 1. The summed E-state index contributed by atoms with van der Waals surface area (Å²) >= 11 is 0. The molecule has 10 nitrogen and oxygen atoms in total. The third kappa shape index (κ3) is 4.37. The molecule has 1 rings (SSSR count). The summed E-state index contributed by atoms with van der Waals surface area (Å²) in [6.07, 6.45) is -6.77. The van der Waals surface area contributed by atoms with Crippen LogP contribution in [-0.2, 0) is 19.1 Å². The van der Waals surface area contributed by atoms with Crippen LogP contribution >= 0.6 is 0 Å². The van der Waals surface area contributed by atoms with Gasteiger partial charge < -0.3 is 40.7 Å². The lowest BCUT2D eigenvalue weighted by molar-refractivity contribution is -0.299. The molecule has 0 aromatic heterocycles. The van der Waals surface area contributed by atoms with Crippen LogP contribution in [0.1, 0.15) is 26.2 Å². The van der Waals surface area contributed by atoms with E-state index >= 15 is 0 Å². The van der Waals surface area contributed by atoms with Crippen molar-refractivity contribution >= 4 is 11.9 Å². The maximum absolute atomic E-state index is 11.6. The first-order valence-corrected chi connectivity index (χ1v) is 7.22. The third-order valence-corrected chi connectivity index (χ3v) is 3.60. The Morgan fingerprint density at radius 3 is 2.52 bits per heavy atom. The molecular formula is C13H23NO9. The number of rotatable bonds is 7. The minimum atomic E-state index is -2.53. The van der Waals surface area contributed by atoms with Gasteiger partial charge in [-0.2, -0.15) is 0 Å². The Hall–Kier alpha value is -1.30. The molecule has 0 unspecified atom stereocenters. The van der Waals surface area contributed by atoms with E-state index in [1.807, 2.05) is 0 Å². The van der Waals surface area contributed by atoms with E-state index in [1.54, 1.807) is 6.92 Å². The molecule has 10 heteroatoms. The fourth-order valence-corrected chi connectivity index (χ4v) is 2.29. The van der Waals surface area contributed by atoms with Gasteiger partial charge in [-0.1, -0.05) is 6.92 Å². The van der Waals surface area contributed by atoms with Crippen molar-refractivity contribution in [1.82, 2.24) is 0 Å². The maximum atomic E-state index is 11.6. The average molecular weight is 337 g/mol. The molecular weight excluding hydrogens is 314 g/mol. The van der Waals surface area contributed by atoms with Crippen molar-refractivity contribution < 1.29 is 44.6 Å². The second-order valence-corrected chi connectivity index (χ2v) is 5.45. The number of esters is 1. The predicted octanol–water partition coefficient (Wildman–Crippen LogP) is -2.70. The Bertz CT molecular complexity index is 432. The molecule has 0 radical (unpaired) electrons. The molecule has 0 aromatic rings. The van der Waals surface area contributed by atoms with Crippen molar-refractivity contribution in [2.75, 3.05) is 6.61 Å². The van der Waals surface area contributed by atoms with Crippen LogP contribution in [0, 0.1) is 0 Å². The minimum absolute atomic E-state index is 0.0625. The lowest BCUT2D eigenvalue weighted by Gasteiger charge is -2.44. The molecule has 0 amide bonds. The third-order valence-electron chi connectivity index (χ3n) is 3.60. The Balaban J connectivity index is 3.07. The van der Waals surface area contributed by atoms with Gasteiger partial charge in [-0.05, 0) is 6.42 Å². The molecule has 6 atom stereocenters. The highest BCUT2D eigenvalue weighted by Gasteiger charge is 2.56. The standard InChI is InChI=1S/C13H23NO9/c1-2-3-8(18)22-13(12(20)21)4-6(16)9(14)11(23-13)10(19)7(17)5-15/h6-7,9-11,15-17,19H,2-5,14H2,1H3,(H,20,21)/t6-,7+,9+,10+,11+,13-/m0/s1. The first-order valence-electron chi connectivity index (χ1n) is 7.22. The van der Waals surface area contributed by atoms with E-state index in [1.165, 1.54) is 0 Å². The van der Waals surface area contributed by atoms with Crippen molar-refractivity contribution in [3.8, 4) is 0 Å². The van der Waals surface area contributed by atoms with Gasteiger partial charge in [-0.15, -0.1) is 0 Å². The Morgan fingerprint density at radius 1 is 1.43 bits per heavy atom. The summed E-state index contributed by atoms with van der Waals surface area (Å²) in [5.41, 5.74) is 5.67. The van der Waals surface area contributed by atoms with Crippen molar-refractivity contribution in [3.05, 3.63) is 0 Å². The largest absolute Gasteiger partial charge is 0.476 e. The number of carbonyl (C=O) groups is 2. The van der Waals surface area contributed by atoms with Crippen molar-refractivity contribution in [2.24, 2.45) is 5.73 Å². The second kappa shape index (κ2) is 7.99. The van der Waals surface area contributed by atoms with Gasteiger partial charge in [0.25, 0.3) is 0 Å². The highest BCUT2D eigenvalue weighted by molar-refractivity contribution is 5.80. The van der Waals surface area contributed by atoms with Gasteiger partial charge in [0.05, 0.1) is 25.2 Å². The monoisotopic (exact) mass is 337 g/mol. The molecule has 1 fully saturated rings. The number of aliphatic hydroxyl groups excluding tert-OH is 4. The van der Waals surface area contributed by atoms with Crippen LogP contribution < -0.4 is 5.73 Å². The normalized spacial score (nSPS) is 33.7. The van der Waals surface area contributed by atoms with E-state index in [9.17, 15) is 30.0 Å². The first kappa shape index (κ1) is 19.7. The highest BCUT2D eigenvalue weighted by atomic mass is 16.7. The quantitative estimate of drug-likeness (QED) is 0.268. The molecule has 0 saturated carbocycles. The summed E-state index contributed by atoms with van der Waals surface area (Å²) in [6.45, 7) is 0.852. The molecule has 0 aromatic carbocycles. The Kier molecular flexibility index (Phi) is 6.86. The highest BCUT2D eigenvalue weighted by Crippen LogP contribution is 2.33. The number of carboxylic acid groups (broad SMARTS) is 1. The second-order valence-electron chi connectivity index (χ2n) is 5.45. The minimum Gasteiger partial charge on any atom is -0.476 e. The molecule has 1 aliphatic heterocycles. The molecule has 0 aliphatic carbocycles. The molecule has 0 bridgehead atoms. The smallest absolute Gasteiger partial charge is 0.377 e. The van der Waals surface area contributed by atoms with Crippen LogP contribution in [0.5, 0.6) is 0 Å². The van der Waals surface area contributed by atoms with Gasteiger partial charge in [-0.3, -0.25) is 4.79 Å². The molecule has 7 N–H and O–H groups in total. The maximum Gasteiger partial charge on any atom is 0.377 e. The van der Waals surface area contributed by atoms with Gasteiger partial charge in [0.15, 0.2) is 0 Å². The van der Waals surface area contributed by atoms with Crippen LogP contribution in [0.4, 0.5) is 0 Å². The number of carbonyl (C=O) groups excluding carboxylic acids is 1. The number of aliphatic hydroxyl groups is 4. The molecule has 1 saturated heterocycles. The lowest BCUT2D eigenvalue weighted by Crippen LogP contribution is -2.66. The summed E-state index contributed by atoms with van der Waals surface area (Å²) in [7, 11) is 0. The topological polar surface area (TPSA) is 180 Å². The number of hydrogen-bond acceptors (Lipinski definition) is 9. The van der Waals surface area contributed by atoms with Crippen LogP contribution in [0.3, 0.4) is 0 Å². The van der Waals surface area contributed by atoms with Crippen LogP contribution in [0.15, 0.2) is 0 Å². The van der Waals surface area contributed by atoms with Crippen LogP contribution in [0.25, 0.3) is 0 Å². The SMILES string of the molecule is CCCC(=O)O[C@@]1(C(=O)O)C[C@H](O)[C@@H](N)[C@H]([C@H](O)[C@H](O)CO)O1. The van der Waals surface area contributed by atoms with E-state index in [0.29, 0.717) is 6.42 Å². The van der Waals surface area contributed by atoms with Gasteiger partial charge >= 0.3 is 17.7 Å². The molecule has 1 heterocycles. The summed E-state index contributed by atoms with van der Waals surface area (Å²) in [5.74, 6) is -5.06. The summed E-state index contributed by atoms with van der Waals surface area (Å²) < 4.78 is 10.0. The van der Waals surface area contributed by atoms with E-state index in [2.05, 4.69) is 0 Å². The molecule has 0 spiro atoms. The summed E-state index contributed by atoms with van der Waals surface area (Å²) in [4.78, 5) is 23.2. The van der Waals surface area contributed by atoms with E-state index < -0.39 is 61.2 Å². The fourth-order valence-electron chi connectivity index (χ4n) is 2.29. The molecule has 1 aliphatic rings. The predicted molar refractivity (Wildman–Crippen MR) is 73.9 cm³/mol. The van der Waals surface area contributed by atoms with Gasteiger partial charge in [-0.25, -0.2) is 4.79 Å². The number of aliphatic carboxylic acids is 1. The van der Waals surface area contributed by atoms with E-state index in [0.717, 1.165) is 0 Å². The van der Waals surface area contributed by atoms with Gasteiger partial charge in [0.1, 0.15) is 18.3 Å². The zero-order valence-electron chi connectivity index (χ0n) is 12.7. The summed E-state index contributed by atoms with van der Waals surface area (Å²) in [5, 5.41) is 47.6. The fraction of sp³-hybridized carbons (Fsp3) is 0.846. The molecule has 23 heavy (non-hydrogen) atoms. The van der Waals surface area contributed by atoms with E-state index in [-0.39, 0.29) is 6.42 Å². The van der Waals surface area contributed by atoms with Gasteiger partial charge in [0, 0.05) is 6.42 Å². The molecule has 134 valence electrons. The zero-order chi connectivity index (χ0) is 17.8. The summed E-state index contributed by atoms with van der Waals surface area (Å²) in [6, 6.07) is -1.25. The van der Waals surface area contributed by atoms with Gasteiger partial charge in [0.2, 0.25) is 0 Å². The van der Waals surface area contributed by atoms with E-state index in [4.69, 9.17) is 20.3 Å². The van der Waals surface area contributed by atoms with Crippen molar-refractivity contribution in [1.29, 1.82) is 0 Å². The Morgan fingerprint density at radius 2 is 2.04 bits per heavy atom. The van der Waals surface area contributed by atoms with Crippen LogP contribution in [-0.4, -0.2) is 80.3 Å². The van der Waals surface area contributed by atoms with Crippen LogP contribution in [0.2, 0.25) is 0 Å². The average Bonchev–Trinajstić information content (AvgIpc) is 2.49. The first-order chi connectivity index (χ1) is 10.7. The number of hydrogen-bond donors (Lipinski definition) is 6. The lowest BCUT2D eigenvalue weighted by atomic mass is 9.89. The Labute approximate surface area is 132 Å². The van der Waals surface area contributed by atoms with Crippen molar-refractivity contribution in [2.45, 2.75) is 62.4 Å². The van der Waals surface area contributed by atoms with Crippen molar-refractivity contribution in [3.63, 3.8) is 0 Å².